The summed E-state index contributed by atoms with van der Waals surface area (Å²) in [4.78, 5) is 2.85. The molecule has 2 aliphatic rings. The van der Waals surface area contributed by atoms with Crippen LogP contribution >= 0.6 is 0 Å². The quantitative estimate of drug-likeness (QED) is 0.656. The molecule has 2 nitrogen and oxygen atoms in total. The van der Waals surface area contributed by atoms with Gasteiger partial charge in [-0.25, -0.2) is 0 Å². The smallest absolute Gasteiger partial charge is 0.0306 e. The van der Waals surface area contributed by atoms with Gasteiger partial charge >= 0.3 is 0 Å². The van der Waals surface area contributed by atoms with E-state index in [-0.39, 0.29) is 5.54 Å². The third-order valence-corrected chi connectivity index (χ3v) is 6.20. The average Bonchev–Trinajstić information content (AvgIpc) is 2.54. The minimum absolute atomic E-state index is 0.257. The van der Waals surface area contributed by atoms with Gasteiger partial charge in [-0.05, 0) is 51.5 Å². The van der Waals surface area contributed by atoms with E-state index in [1.54, 1.807) is 0 Å². The van der Waals surface area contributed by atoms with Crippen LogP contribution in [-0.4, -0.2) is 29.6 Å². The van der Waals surface area contributed by atoms with Gasteiger partial charge < -0.3 is 5.73 Å². The Morgan fingerprint density at radius 1 is 1.00 bits per heavy atom. The lowest BCUT2D eigenvalue weighted by molar-refractivity contribution is -0.0222. The van der Waals surface area contributed by atoms with Crippen molar-refractivity contribution in [1.29, 1.82) is 0 Å². The van der Waals surface area contributed by atoms with E-state index in [1.165, 1.54) is 83.6 Å². The second-order valence-electron chi connectivity index (χ2n) is 7.81. The minimum Gasteiger partial charge on any atom is -0.329 e. The summed E-state index contributed by atoms with van der Waals surface area (Å²) in [5.41, 5.74) is 6.52. The molecule has 2 heteroatoms. The van der Waals surface area contributed by atoms with Gasteiger partial charge in [0.15, 0.2) is 0 Å². The number of fused-ring (bicyclic) bond motifs is 1. The Morgan fingerprint density at radius 3 is 2.48 bits per heavy atom. The van der Waals surface area contributed by atoms with E-state index in [0.29, 0.717) is 0 Å². The number of nitrogens with zero attached hydrogens (tertiary/aromatic N) is 1. The maximum Gasteiger partial charge on any atom is 0.0306 e. The molecule has 21 heavy (non-hydrogen) atoms. The minimum atomic E-state index is 0.257. The summed E-state index contributed by atoms with van der Waals surface area (Å²) >= 11 is 0. The number of nitrogens with two attached hydrogens (primary N) is 1. The largest absolute Gasteiger partial charge is 0.329 e. The summed E-state index contributed by atoms with van der Waals surface area (Å²) in [6.07, 6.45) is 16.9. The molecule has 1 aliphatic carbocycles. The first-order chi connectivity index (χ1) is 10.2. The van der Waals surface area contributed by atoms with E-state index >= 15 is 0 Å². The zero-order valence-electron chi connectivity index (χ0n) is 14.6. The van der Waals surface area contributed by atoms with E-state index in [0.717, 1.165) is 18.5 Å². The molecule has 1 aliphatic heterocycles. The molecule has 0 bridgehead atoms. The number of likely N-dealkylation sites (tertiary alicyclic amines) is 1. The standard InChI is InChI=1S/C19H38N2/c1-3-4-5-6-9-14-19(2,16-20)21-15-10-12-17-11-7-8-13-18(17)21/h17-18H,3-16,20H2,1-2H3/t17-,18-,19?/m1/s1. The topological polar surface area (TPSA) is 29.3 Å². The Morgan fingerprint density at radius 2 is 1.71 bits per heavy atom. The number of hydrogen-bond donors (Lipinski definition) is 1. The van der Waals surface area contributed by atoms with Crippen molar-refractivity contribution in [3.05, 3.63) is 0 Å². The number of unbranched alkanes of at least 4 members (excludes halogenated alkanes) is 4. The summed E-state index contributed by atoms with van der Waals surface area (Å²) in [5.74, 6) is 0.971. The van der Waals surface area contributed by atoms with E-state index < -0.39 is 0 Å². The van der Waals surface area contributed by atoms with Crippen LogP contribution in [0.2, 0.25) is 0 Å². The van der Waals surface area contributed by atoms with Crippen LogP contribution in [0.4, 0.5) is 0 Å². The molecule has 0 radical (unpaired) electrons. The highest BCUT2D eigenvalue weighted by molar-refractivity contribution is 4.97. The van der Waals surface area contributed by atoms with Gasteiger partial charge in [0.1, 0.15) is 0 Å². The summed E-state index contributed by atoms with van der Waals surface area (Å²) in [5, 5.41) is 0. The van der Waals surface area contributed by atoms with Gasteiger partial charge in [-0.1, -0.05) is 51.9 Å². The van der Waals surface area contributed by atoms with Crippen molar-refractivity contribution in [3.63, 3.8) is 0 Å². The molecule has 124 valence electrons. The highest BCUT2D eigenvalue weighted by atomic mass is 15.2. The van der Waals surface area contributed by atoms with Gasteiger partial charge in [-0.3, -0.25) is 4.90 Å². The van der Waals surface area contributed by atoms with Crippen LogP contribution in [0.15, 0.2) is 0 Å². The molecule has 2 rings (SSSR count). The van der Waals surface area contributed by atoms with Crippen LogP contribution in [0, 0.1) is 5.92 Å². The second-order valence-corrected chi connectivity index (χ2v) is 7.81. The van der Waals surface area contributed by atoms with Gasteiger partial charge in [-0.15, -0.1) is 0 Å². The molecular formula is C19H38N2. The molecule has 1 saturated heterocycles. The Hall–Kier alpha value is -0.0800. The highest BCUT2D eigenvalue weighted by Gasteiger charge is 2.41. The summed E-state index contributed by atoms with van der Waals surface area (Å²) in [6, 6.07) is 0.844. The molecule has 2 fully saturated rings. The normalized spacial score (nSPS) is 29.9. The first-order valence-corrected chi connectivity index (χ1v) is 9.68. The zero-order chi connectivity index (χ0) is 15.1. The van der Waals surface area contributed by atoms with E-state index in [1.807, 2.05) is 0 Å². The fourth-order valence-electron chi connectivity index (χ4n) is 4.77. The molecule has 0 aromatic carbocycles. The van der Waals surface area contributed by atoms with Crippen molar-refractivity contribution < 1.29 is 0 Å². The van der Waals surface area contributed by atoms with Crippen LogP contribution < -0.4 is 5.73 Å². The molecule has 0 spiro atoms. The van der Waals surface area contributed by atoms with Gasteiger partial charge in [0.05, 0.1) is 0 Å². The van der Waals surface area contributed by atoms with Crippen LogP contribution in [0.25, 0.3) is 0 Å². The highest BCUT2D eigenvalue weighted by Crippen LogP contribution is 2.39. The average molecular weight is 295 g/mol. The van der Waals surface area contributed by atoms with Crippen molar-refractivity contribution in [3.8, 4) is 0 Å². The Bertz CT molecular complexity index is 289. The third-order valence-electron chi connectivity index (χ3n) is 6.20. The summed E-state index contributed by atoms with van der Waals surface area (Å²) in [7, 11) is 0. The van der Waals surface area contributed by atoms with Gasteiger partial charge in [-0.2, -0.15) is 0 Å². The predicted molar refractivity (Wildman–Crippen MR) is 92.5 cm³/mol. The van der Waals surface area contributed by atoms with Crippen molar-refractivity contribution in [2.24, 2.45) is 11.7 Å². The molecule has 2 N–H and O–H groups in total. The fraction of sp³-hybridized carbons (Fsp3) is 1.00. The first kappa shape index (κ1) is 17.3. The number of piperidine rings is 1. The van der Waals surface area contributed by atoms with Crippen molar-refractivity contribution in [1.82, 2.24) is 4.90 Å². The Labute approximate surface area is 132 Å². The number of rotatable bonds is 8. The third kappa shape index (κ3) is 4.45. The van der Waals surface area contributed by atoms with Gasteiger partial charge in [0, 0.05) is 18.1 Å². The second kappa shape index (κ2) is 8.53. The zero-order valence-corrected chi connectivity index (χ0v) is 14.6. The molecule has 3 atom stereocenters. The molecule has 0 amide bonds. The molecule has 1 unspecified atom stereocenters. The number of hydrogen-bond acceptors (Lipinski definition) is 2. The lowest BCUT2D eigenvalue weighted by Crippen LogP contribution is -2.60. The Balaban J connectivity index is 1.90. The summed E-state index contributed by atoms with van der Waals surface area (Å²) < 4.78 is 0. The maximum atomic E-state index is 6.26. The SMILES string of the molecule is CCCCCCCC(C)(CN)N1CCC[C@H]2CCCC[C@H]21. The fourth-order valence-corrected chi connectivity index (χ4v) is 4.77. The van der Waals surface area contributed by atoms with Crippen LogP contribution in [0.1, 0.15) is 90.9 Å². The summed E-state index contributed by atoms with van der Waals surface area (Å²) in [6.45, 7) is 6.87. The van der Waals surface area contributed by atoms with Crippen LogP contribution in [0.5, 0.6) is 0 Å². The van der Waals surface area contributed by atoms with Crippen molar-refractivity contribution >= 4 is 0 Å². The molecule has 1 saturated carbocycles. The van der Waals surface area contributed by atoms with E-state index in [2.05, 4.69) is 18.7 Å². The lowest BCUT2D eigenvalue weighted by atomic mass is 9.75. The van der Waals surface area contributed by atoms with Crippen molar-refractivity contribution in [2.75, 3.05) is 13.1 Å². The van der Waals surface area contributed by atoms with Gasteiger partial charge in [0.25, 0.3) is 0 Å². The first-order valence-electron chi connectivity index (χ1n) is 9.68. The van der Waals surface area contributed by atoms with Crippen molar-refractivity contribution in [2.45, 2.75) is 102 Å². The van der Waals surface area contributed by atoms with Crippen LogP contribution in [-0.2, 0) is 0 Å². The monoisotopic (exact) mass is 294 g/mol. The molecule has 1 heterocycles. The van der Waals surface area contributed by atoms with Crippen LogP contribution in [0.3, 0.4) is 0 Å². The van der Waals surface area contributed by atoms with E-state index in [4.69, 9.17) is 5.73 Å². The molecular weight excluding hydrogens is 256 g/mol. The van der Waals surface area contributed by atoms with E-state index in [9.17, 15) is 0 Å². The van der Waals surface area contributed by atoms with Gasteiger partial charge in [0.2, 0.25) is 0 Å². The predicted octanol–water partition coefficient (Wildman–Crippen LogP) is 4.72. The molecule has 0 aromatic heterocycles. The molecule has 0 aromatic rings. The maximum absolute atomic E-state index is 6.26. The Kier molecular flexibility index (Phi) is 7.01. The lowest BCUT2D eigenvalue weighted by Gasteiger charge is -2.52.